The van der Waals surface area contributed by atoms with Crippen molar-refractivity contribution < 1.29 is 23.7 Å². The van der Waals surface area contributed by atoms with Gasteiger partial charge in [-0.2, -0.15) is 0 Å². The number of rotatable bonds is 13. The first-order valence-electron chi connectivity index (χ1n) is 15.2. The lowest BCUT2D eigenvalue weighted by molar-refractivity contribution is -0.116. The van der Waals surface area contributed by atoms with Crippen LogP contribution in [0.5, 0.6) is 11.5 Å². The standard InChI is InChI=1S/C36H42N2O5/c1-40-33-27-28(18-19-32(33)43-35-17-10-26-41-35)11-8-9-16-34(39)37-22-25-38-23-20-31(21-24-38)42-36(29-12-4-2-5-13-29)30-14-6-3-7-15-30/h2-9,11-16,18-19,27,31,35-36H,10,17,20-26H2,1H3,(H,37,39)/b11-8+,16-9+. The van der Waals surface area contributed by atoms with E-state index >= 15 is 0 Å². The Balaban J connectivity index is 1.01. The summed E-state index contributed by atoms with van der Waals surface area (Å²) in [4.78, 5) is 14.7. The zero-order valence-electron chi connectivity index (χ0n) is 24.9. The minimum absolute atomic E-state index is 0.0637. The molecule has 5 rings (SSSR count). The van der Waals surface area contributed by atoms with E-state index in [-0.39, 0.29) is 24.4 Å². The van der Waals surface area contributed by atoms with Crippen molar-refractivity contribution in [2.24, 2.45) is 0 Å². The molecule has 2 aliphatic heterocycles. The SMILES string of the molecule is COc1cc(/C=C/C=C/C(=O)NCCN2CCC(OC(c3ccccc3)c3ccccc3)CC2)ccc1OC1CCCO1. The maximum absolute atomic E-state index is 12.3. The number of carbonyl (C=O) groups excluding carboxylic acids is 1. The van der Waals surface area contributed by atoms with Crippen molar-refractivity contribution in [2.75, 3.05) is 39.9 Å². The van der Waals surface area contributed by atoms with Crippen LogP contribution >= 0.6 is 0 Å². The highest BCUT2D eigenvalue weighted by Gasteiger charge is 2.24. The van der Waals surface area contributed by atoms with Gasteiger partial charge in [-0.1, -0.05) is 85.0 Å². The van der Waals surface area contributed by atoms with Gasteiger partial charge in [-0.05, 0) is 48.1 Å². The normalized spacial score (nSPS) is 18.0. The van der Waals surface area contributed by atoms with Crippen molar-refractivity contribution in [1.82, 2.24) is 10.2 Å². The Bertz CT molecular complexity index is 1290. The van der Waals surface area contributed by atoms with Crippen molar-refractivity contribution >= 4 is 12.0 Å². The molecule has 0 aromatic heterocycles. The molecule has 226 valence electrons. The molecule has 0 spiro atoms. The maximum atomic E-state index is 12.3. The first-order valence-corrected chi connectivity index (χ1v) is 15.2. The molecule has 7 nitrogen and oxygen atoms in total. The van der Waals surface area contributed by atoms with Crippen LogP contribution in [-0.4, -0.2) is 63.1 Å². The fourth-order valence-corrected chi connectivity index (χ4v) is 5.44. The average Bonchev–Trinajstić information content (AvgIpc) is 3.57. The Kier molecular flexibility index (Phi) is 11.4. The molecule has 0 aliphatic carbocycles. The Labute approximate surface area is 255 Å². The van der Waals surface area contributed by atoms with Gasteiger partial charge >= 0.3 is 0 Å². The lowest BCUT2D eigenvalue weighted by Crippen LogP contribution is -2.41. The number of ether oxygens (including phenoxy) is 4. The van der Waals surface area contributed by atoms with Crippen LogP contribution in [0.1, 0.15) is 48.5 Å². The van der Waals surface area contributed by atoms with Crippen molar-refractivity contribution in [3.8, 4) is 11.5 Å². The highest BCUT2D eigenvalue weighted by Crippen LogP contribution is 2.32. The van der Waals surface area contributed by atoms with Gasteiger partial charge in [0.25, 0.3) is 0 Å². The summed E-state index contributed by atoms with van der Waals surface area (Å²) in [6.07, 6.45) is 10.8. The summed E-state index contributed by atoms with van der Waals surface area (Å²) >= 11 is 0. The van der Waals surface area contributed by atoms with E-state index in [0.717, 1.165) is 57.5 Å². The van der Waals surface area contributed by atoms with E-state index < -0.39 is 0 Å². The number of piperidine rings is 1. The van der Waals surface area contributed by atoms with Crippen LogP contribution in [0.4, 0.5) is 0 Å². The van der Waals surface area contributed by atoms with Crippen LogP contribution in [0.3, 0.4) is 0 Å². The molecule has 2 heterocycles. The molecule has 2 fully saturated rings. The molecule has 1 amide bonds. The Morgan fingerprint density at radius 1 is 0.953 bits per heavy atom. The third kappa shape index (κ3) is 9.29. The summed E-state index contributed by atoms with van der Waals surface area (Å²) in [5.41, 5.74) is 3.31. The summed E-state index contributed by atoms with van der Waals surface area (Å²) in [6, 6.07) is 26.6. The van der Waals surface area contributed by atoms with Crippen molar-refractivity contribution in [3.05, 3.63) is 114 Å². The second-order valence-electron chi connectivity index (χ2n) is 10.9. The van der Waals surface area contributed by atoms with E-state index in [1.54, 1.807) is 19.3 Å². The van der Waals surface area contributed by atoms with Gasteiger partial charge in [0.05, 0.1) is 19.8 Å². The number of likely N-dealkylation sites (tertiary alicyclic amines) is 1. The monoisotopic (exact) mass is 582 g/mol. The molecule has 2 aliphatic rings. The predicted octanol–water partition coefficient (Wildman–Crippen LogP) is 6.17. The van der Waals surface area contributed by atoms with Gasteiger partial charge < -0.3 is 29.2 Å². The van der Waals surface area contributed by atoms with E-state index in [1.165, 1.54) is 11.1 Å². The topological polar surface area (TPSA) is 69.3 Å². The molecule has 1 atom stereocenters. The molecule has 1 N–H and O–H groups in total. The van der Waals surface area contributed by atoms with Crippen molar-refractivity contribution in [1.29, 1.82) is 0 Å². The Hall–Kier alpha value is -3.91. The van der Waals surface area contributed by atoms with Crippen molar-refractivity contribution in [3.63, 3.8) is 0 Å². The highest BCUT2D eigenvalue weighted by atomic mass is 16.7. The Morgan fingerprint density at radius 3 is 2.33 bits per heavy atom. The molecule has 0 saturated carbocycles. The number of hydrogen-bond acceptors (Lipinski definition) is 6. The minimum Gasteiger partial charge on any atom is -0.493 e. The molecule has 43 heavy (non-hydrogen) atoms. The lowest BCUT2D eigenvalue weighted by atomic mass is 10.00. The third-order valence-electron chi connectivity index (χ3n) is 7.78. The van der Waals surface area contributed by atoms with Crippen LogP contribution in [0.2, 0.25) is 0 Å². The maximum Gasteiger partial charge on any atom is 0.244 e. The molecule has 7 heteroatoms. The van der Waals surface area contributed by atoms with E-state index in [0.29, 0.717) is 18.0 Å². The number of carbonyl (C=O) groups is 1. The van der Waals surface area contributed by atoms with Crippen LogP contribution in [0.15, 0.2) is 97.1 Å². The van der Waals surface area contributed by atoms with Gasteiger partial charge in [-0.15, -0.1) is 0 Å². The number of methoxy groups -OCH3 is 1. The van der Waals surface area contributed by atoms with Gasteiger partial charge in [0.2, 0.25) is 5.91 Å². The largest absolute Gasteiger partial charge is 0.493 e. The molecule has 0 radical (unpaired) electrons. The zero-order valence-corrected chi connectivity index (χ0v) is 24.9. The summed E-state index contributed by atoms with van der Waals surface area (Å²) < 4.78 is 23.6. The fourth-order valence-electron chi connectivity index (χ4n) is 5.44. The minimum atomic E-state index is -0.213. The van der Waals surface area contributed by atoms with Gasteiger partial charge in [0.15, 0.2) is 17.8 Å². The third-order valence-corrected chi connectivity index (χ3v) is 7.78. The summed E-state index contributed by atoms with van der Waals surface area (Å²) in [7, 11) is 1.62. The molecular formula is C36H42N2O5. The molecule has 2 saturated heterocycles. The smallest absolute Gasteiger partial charge is 0.244 e. The van der Waals surface area contributed by atoms with Crippen LogP contribution in [0.25, 0.3) is 6.08 Å². The summed E-state index contributed by atoms with van der Waals surface area (Å²) in [6.45, 7) is 4.07. The van der Waals surface area contributed by atoms with Crippen LogP contribution in [0, 0.1) is 0 Å². The number of amides is 1. The number of nitrogens with one attached hydrogen (secondary N) is 1. The number of nitrogens with zero attached hydrogens (tertiary/aromatic N) is 1. The number of hydrogen-bond donors (Lipinski definition) is 1. The quantitative estimate of drug-likeness (QED) is 0.192. The lowest BCUT2D eigenvalue weighted by Gasteiger charge is -2.34. The Morgan fingerprint density at radius 2 is 1.67 bits per heavy atom. The highest BCUT2D eigenvalue weighted by molar-refractivity contribution is 5.87. The first kappa shape index (κ1) is 30.5. The van der Waals surface area contributed by atoms with Gasteiger partial charge in [0.1, 0.15) is 6.10 Å². The fraction of sp³-hybridized carbons (Fsp3) is 0.361. The summed E-state index contributed by atoms with van der Waals surface area (Å²) in [5.74, 6) is 1.22. The van der Waals surface area contributed by atoms with E-state index in [4.69, 9.17) is 18.9 Å². The van der Waals surface area contributed by atoms with Crippen LogP contribution < -0.4 is 14.8 Å². The van der Waals surface area contributed by atoms with Gasteiger partial charge in [0, 0.05) is 38.7 Å². The summed E-state index contributed by atoms with van der Waals surface area (Å²) in [5, 5.41) is 2.99. The van der Waals surface area contributed by atoms with Crippen molar-refractivity contribution in [2.45, 2.75) is 44.2 Å². The number of allylic oxidation sites excluding steroid dienone is 2. The average molecular weight is 583 g/mol. The van der Waals surface area contributed by atoms with Gasteiger partial charge in [-0.25, -0.2) is 0 Å². The van der Waals surface area contributed by atoms with E-state index in [9.17, 15) is 4.79 Å². The predicted molar refractivity (Wildman–Crippen MR) is 169 cm³/mol. The zero-order chi connectivity index (χ0) is 29.7. The molecule has 1 unspecified atom stereocenters. The molecule has 3 aromatic carbocycles. The van der Waals surface area contributed by atoms with E-state index in [2.05, 4.69) is 58.7 Å². The van der Waals surface area contributed by atoms with Crippen LogP contribution in [-0.2, 0) is 14.3 Å². The number of benzene rings is 3. The van der Waals surface area contributed by atoms with E-state index in [1.807, 2.05) is 42.5 Å². The second-order valence-corrected chi connectivity index (χ2v) is 10.9. The first-order chi connectivity index (χ1) is 21.2. The van der Waals surface area contributed by atoms with Gasteiger partial charge in [-0.3, -0.25) is 4.79 Å². The molecule has 0 bridgehead atoms. The molecular weight excluding hydrogens is 540 g/mol. The second kappa shape index (κ2) is 16.1. The molecule has 3 aromatic rings.